The fourth-order valence-electron chi connectivity index (χ4n) is 1.57. The second kappa shape index (κ2) is 12.5. The molecular weight excluding hydrogens is 267 g/mol. The van der Waals surface area contributed by atoms with Crippen LogP contribution in [0.1, 0.15) is 58.3 Å². The van der Waals surface area contributed by atoms with Gasteiger partial charge >= 0.3 is 51.4 Å². The van der Waals surface area contributed by atoms with Crippen LogP contribution in [0.3, 0.4) is 0 Å². The Hall–Kier alpha value is 1.51. The molecule has 0 aliphatic heterocycles. The fraction of sp³-hybridized carbons (Fsp3) is 1.00. The number of hydrogen-bond acceptors (Lipinski definition) is 4. The van der Waals surface area contributed by atoms with Crippen LogP contribution in [-0.2, 0) is 10.1 Å². The van der Waals surface area contributed by atoms with Crippen LogP contribution >= 0.6 is 0 Å². The number of rotatable bonds is 10. The molecule has 6 heteroatoms. The van der Waals surface area contributed by atoms with Crippen LogP contribution in [0.4, 0.5) is 0 Å². The van der Waals surface area contributed by atoms with E-state index in [1.165, 1.54) is 6.92 Å². The van der Waals surface area contributed by atoms with Crippen molar-refractivity contribution in [3.63, 3.8) is 0 Å². The zero-order valence-electron chi connectivity index (χ0n) is 11.0. The molecule has 0 saturated heterocycles. The Labute approximate surface area is 148 Å². The van der Waals surface area contributed by atoms with E-state index < -0.39 is 15.4 Å². The summed E-state index contributed by atoms with van der Waals surface area (Å²) in [6, 6.07) is 0. The van der Waals surface area contributed by atoms with Crippen LogP contribution in [0.25, 0.3) is 0 Å². The summed E-state index contributed by atoms with van der Waals surface area (Å²) in [4.78, 5) is 0. The molecule has 0 aliphatic rings. The average molecular weight is 290 g/mol. The summed E-state index contributed by atoms with van der Waals surface area (Å²) in [5.74, 6) is 0. The molecule has 1 atom stereocenters. The third-order valence-corrected chi connectivity index (χ3v) is 3.98. The molecule has 0 bridgehead atoms. The van der Waals surface area contributed by atoms with Crippen LogP contribution in [-0.4, -0.2) is 29.9 Å². The maximum absolute atomic E-state index is 10.6. The maximum Gasteiger partial charge on any atom is 1.00 e. The number of aliphatic hydroxyl groups excluding tert-OH is 1. The van der Waals surface area contributed by atoms with Gasteiger partial charge in [0.25, 0.3) is 0 Å². The SMILES string of the molecule is CC(CCCCCCCCCO)S(=O)(=O)[O-].[K+]. The van der Waals surface area contributed by atoms with Gasteiger partial charge in [0.15, 0.2) is 0 Å². The fourth-order valence-corrected chi connectivity index (χ4v) is 2.03. The van der Waals surface area contributed by atoms with Crippen molar-refractivity contribution in [3.05, 3.63) is 0 Å². The minimum atomic E-state index is -4.09. The van der Waals surface area contributed by atoms with Crippen molar-refractivity contribution in [2.75, 3.05) is 6.61 Å². The van der Waals surface area contributed by atoms with Crippen LogP contribution in [0.2, 0.25) is 0 Å². The summed E-state index contributed by atoms with van der Waals surface area (Å²) < 4.78 is 31.8. The third kappa shape index (κ3) is 13.7. The van der Waals surface area contributed by atoms with Crippen molar-refractivity contribution < 1.29 is 69.5 Å². The summed E-state index contributed by atoms with van der Waals surface area (Å²) in [6.45, 7) is 1.74. The molecule has 0 aromatic heterocycles. The van der Waals surface area contributed by atoms with Crippen molar-refractivity contribution in [2.45, 2.75) is 63.5 Å². The first-order chi connectivity index (χ1) is 7.48. The molecule has 0 aromatic rings. The summed E-state index contributed by atoms with van der Waals surface area (Å²) in [5.41, 5.74) is 0. The van der Waals surface area contributed by atoms with Gasteiger partial charge in [0.2, 0.25) is 0 Å². The van der Waals surface area contributed by atoms with Crippen molar-refractivity contribution in [1.29, 1.82) is 0 Å². The van der Waals surface area contributed by atoms with Gasteiger partial charge in [-0.3, -0.25) is 0 Å². The second-order valence-corrected chi connectivity index (χ2v) is 6.08. The standard InChI is InChI=1S/C11H24O4S.K/c1-11(16(13,14)15)9-7-5-3-2-4-6-8-10-12;/h11-12H,2-10H2,1H3,(H,13,14,15);/q;+1/p-1. The molecule has 0 saturated carbocycles. The van der Waals surface area contributed by atoms with Gasteiger partial charge in [-0.2, -0.15) is 0 Å². The van der Waals surface area contributed by atoms with E-state index in [1.54, 1.807) is 0 Å². The minimum Gasteiger partial charge on any atom is -0.748 e. The average Bonchev–Trinajstić information content (AvgIpc) is 2.20. The third-order valence-electron chi connectivity index (χ3n) is 2.76. The maximum atomic E-state index is 10.6. The van der Waals surface area contributed by atoms with Gasteiger partial charge in [0, 0.05) is 11.9 Å². The quantitative estimate of drug-likeness (QED) is 0.319. The second-order valence-electron chi connectivity index (χ2n) is 4.29. The summed E-state index contributed by atoms with van der Waals surface area (Å²) >= 11 is 0. The Morgan fingerprint density at radius 2 is 1.41 bits per heavy atom. The van der Waals surface area contributed by atoms with E-state index in [0.717, 1.165) is 44.9 Å². The topological polar surface area (TPSA) is 77.4 Å². The summed E-state index contributed by atoms with van der Waals surface area (Å²) in [7, 11) is -4.09. The first-order valence-electron chi connectivity index (χ1n) is 6.04. The van der Waals surface area contributed by atoms with Gasteiger partial charge in [-0.15, -0.1) is 0 Å². The molecule has 4 nitrogen and oxygen atoms in total. The van der Waals surface area contributed by atoms with Crippen molar-refractivity contribution in [2.24, 2.45) is 0 Å². The molecule has 1 N–H and O–H groups in total. The molecule has 0 rings (SSSR count). The van der Waals surface area contributed by atoms with Gasteiger partial charge in [0.05, 0.1) is 10.1 Å². The molecule has 0 aliphatic carbocycles. The van der Waals surface area contributed by atoms with Crippen LogP contribution in [0.15, 0.2) is 0 Å². The Bertz CT molecular complexity index is 254. The Morgan fingerprint density at radius 3 is 1.82 bits per heavy atom. The molecule has 0 radical (unpaired) electrons. The van der Waals surface area contributed by atoms with Gasteiger partial charge in [-0.25, -0.2) is 8.42 Å². The van der Waals surface area contributed by atoms with E-state index in [4.69, 9.17) is 5.11 Å². The molecule has 0 amide bonds. The van der Waals surface area contributed by atoms with Crippen molar-refractivity contribution in [1.82, 2.24) is 0 Å². The predicted octanol–water partition coefficient (Wildman–Crippen LogP) is -0.963. The largest absolute Gasteiger partial charge is 1.00 e. The van der Waals surface area contributed by atoms with E-state index >= 15 is 0 Å². The smallest absolute Gasteiger partial charge is 0.748 e. The minimum absolute atomic E-state index is 0. The zero-order chi connectivity index (χ0) is 12.4. The van der Waals surface area contributed by atoms with Gasteiger partial charge in [-0.1, -0.05) is 38.5 Å². The first-order valence-corrected chi connectivity index (χ1v) is 7.51. The number of aliphatic hydroxyl groups is 1. The monoisotopic (exact) mass is 290 g/mol. The van der Waals surface area contributed by atoms with Gasteiger partial charge in [-0.05, 0) is 19.8 Å². The van der Waals surface area contributed by atoms with E-state index in [9.17, 15) is 13.0 Å². The zero-order valence-corrected chi connectivity index (χ0v) is 15.0. The molecule has 0 aromatic carbocycles. The molecule has 0 fully saturated rings. The van der Waals surface area contributed by atoms with E-state index in [2.05, 4.69) is 0 Å². The molecular formula is C11H23KO4S. The first kappa shape index (κ1) is 20.8. The molecule has 0 spiro atoms. The molecule has 1 unspecified atom stereocenters. The van der Waals surface area contributed by atoms with E-state index in [0.29, 0.717) is 6.42 Å². The normalized spacial score (nSPS) is 13.1. The van der Waals surface area contributed by atoms with Crippen molar-refractivity contribution >= 4 is 10.1 Å². The van der Waals surface area contributed by atoms with Crippen LogP contribution in [0, 0.1) is 0 Å². The Kier molecular flexibility index (Phi) is 15.3. The molecule has 0 heterocycles. The van der Waals surface area contributed by atoms with E-state index in [-0.39, 0.29) is 58.0 Å². The Balaban J connectivity index is 0. The summed E-state index contributed by atoms with van der Waals surface area (Å²) in [6.07, 6.45) is 7.52. The van der Waals surface area contributed by atoms with Gasteiger partial charge in [0.1, 0.15) is 0 Å². The van der Waals surface area contributed by atoms with Crippen molar-refractivity contribution in [3.8, 4) is 0 Å². The molecule has 17 heavy (non-hydrogen) atoms. The van der Waals surface area contributed by atoms with Gasteiger partial charge < -0.3 is 9.66 Å². The number of unbranched alkanes of at least 4 members (excludes halogenated alkanes) is 6. The Morgan fingerprint density at radius 1 is 1.00 bits per heavy atom. The summed E-state index contributed by atoms with van der Waals surface area (Å²) in [5, 5.41) is 7.81. The number of hydrogen-bond donors (Lipinski definition) is 1. The molecule has 98 valence electrons. The predicted molar refractivity (Wildman–Crippen MR) is 63.2 cm³/mol. The van der Waals surface area contributed by atoms with E-state index in [1.807, 2.05) is 0 Å². The van der Waals surface area contributed by atoms with Crippen LogP contribution < -0.4 is 51.4 Å². The van der Waals surface area contributed by atoms with Crippen LogP contribution in [0.5, 0.6) is 0 Å².